The highest BCUT2D eigenvalue weighted by molar-refractivity contribution is 8.17. The minimum absolute atomic E-state index is 0.0219. The standard InChI is InChI=1S/C40H42N2O6S2/c1-4-49-40(50-5-2)35-16-10-21-41(35)39(43)34-25-37(46-3)38(26-36(34)42(44)45)48-23-11-22-47-29-19-17-27(18-20-29)33-24-28-12-6-7-13-30(28)31-14-8-9-15-32(31)33/h6-9,12-15,17-20,24-26,35,40H,4-5,10-11,16,21-23H2,1-3H3/t35-/m0/s1. The number of carbonyl (C=O) groups excluding carboxylic acids is 1. The third-order valence-electron chi connectivity index (χ3n) is 8.99. The van der Waals surface area contributed by atoms with Crippen LogP contribution < -0.4 is 14.2 Å². The Bertz CT molecular complexity index is 1960. The van der Waals surface area contributed by atoms with Crippen molar-refractivity contribution in [3.8, 4) is 28.4 Å². The molecule has 50 heavy (non-hydrogen) atoms. The van der Waals surface area contributed by atoms with E-state index in [0.717, 1.165) is 35.7 Å². The largest absolute Gasteiger partial charge is 0.493 e. The first kappa shape index (κ1) is 35.4. The minimum Gasteiger partial charge on any atom is -0.493 e. The van der Waals surface area contributed by atoms with E-state index in [4.69, 9.17) is 14.2 Å². The van der Waals surface area contributed by atoms with Crippen LogP contribution in [0.4, 0.5) is 5.69 Å². The zero-order valence-electron chi connectivity index (χ0n) is 28.6. The van der Waals surface area contributed by atoms with E-state index in [0.29, 0.717) is 19.6 Å². The number of hydrogen-bond donors (Lipinski definition) is 0. The summed E-state index contributed by atoms with van der Waals surface area (Å²) in [5.41, 5.74) is 2.02. The molecule has 0 saturated carbocycles. The number of nitro benzene ring substituents is 1. The molecule has 0 aromatic heterocycles. The van der Waals surface area contributed by atoms with Crippen LogP contribution in [-0.2, 0) is 0 Å². The van der Waals surface area contributed by atoms with Gasteiger partial charge in [-0.15, -0.1) is 23.5 Å². The zero-order valence-corrected chi connectivity index (χ0v) is 30.3. The fourth-order valence-electron chi connectivity index (χ4n) is 6.68. The van der Waals surface area contributed by atoms with E-state index in [1.165, 1.54) is 46.4 Å². The molecular weight excluding hydrogens is 669 g/mol. The number of ether oxygens (including phenoxy) is 3. The highest BCUT2D eigenvalue weighted by Crippen LogP contribution is 2.40. The Kier molecular flexibility index (Phi) is 11.7. The van der Waals surface area contributed by atoms with Gasteiger partial charge in [0.1, 0.15) is 11.3 Å². The molecule has 1 fully saturated rings. The SMILES string of the molecule is CCSC(SCC)[C@@H]1CCCN1C(=O)c1cc(OC)c(OCCCOc2ccc(-c3cc4ccccc4c4ccccc34)cc2)cc1[N+](=O)[O-]. The molecule has 260 valence electrons. The van der Waals surface area contributed by atoms with Crippen LogP contribution in [0.15, 0.2) is 91.0 Å². The number of likely N-dealkylation sites (tertiary alicyclic amines) is 1. The van der Waals surface area contributed by atoms with Crippen molar-refractivity contribution in [3.05, 3.63) is 107 Å². The maximum absolute atomic E-state index is 13.8. The number of rotatable bonds is 15. The van der Waals surface area contributed by atoms with E-state index in [1.807, 2.05) is 40.6 Å². The average molecular weight is 711 g/mol. The number of carbonyl (C=O) groups is 1. The first-order chi connectivity index (χ1) is 24.4. The Labute approximate surface area is 301 Å². The smallest absolute Gasteiger partial charge is 0.286 e. The van der Waals surface area contributed by atoms with Crippen molar-refractivity contribution < 1.29 is 23.9 Å². The molecule has 0 radical (unpaired) electrons. The average Bonchev–Trinajstić information content (AvgIpc) is 3.64. The van der Waals surface area contributed by atoms with Gasteiger partial charge in [-0.2, -0.15) is 0 Å². The summed E-state index contributed by atoms with van der Waals surface area (Å²) in [6.07, 6.45) is 2.30. The number of methoxy groups -OCH3 is 1. The Morgan fingerprint density at radius 2 is 1.56 bits per heavy atom. The van der Waals surface area contributed by atoms with Gasteiger partial charge in [-0.25, -0.2) is 0 Å². The summed E-state index contributed by atoms with van der Waals surface area (Å²) in [7, 11) is 1.47. The van der Waals surface area contributed by atoms with Gasteiger partial charge in [0.25, 0.3) is 11.6 Å². The third-order valence-corrected chi connectivity index (χ3v) is 11.8. The van der Waals surface area contributed by atoms with Gasteiger partial charge in [-0.3, -0.25) is 14.9 Å². The molecular formula is C40H42N2O6S2. The predicted molar refractivity (Wildman–Crippen MR) is 206 cm³/mol. The molecule has 0 bridgehead atoms. The molecule has 0 unspecified atom stereocenters. The molecule has 1 amide bonds. The summed E-state index contributed by atoms with van der Waals surface area (Å²) in [5.74, 6) is 2.80. The van der Waals surface area contributed by atoms with Crippen molar-refractivity contribution >= 4 is 56.7 Å². The van der Waals surface area contributed by atoms with Crippen molar-refractivity contribution in [1.29, 1.82) is 0 Å². The molecule has 0 spiro atoms. The quantitative estimate of drug-likeness (QED) is 0.0349. The van der Waals surface area contributed by atoms with E-state index in [9.17, 15) is 14.9 Å². The molecule has 5 aromatic carbocycles. The van der Waals surface area contributed by atoms with Crippen molar-refractivity contribution in [2.24, 2.45) is 0 Å². The number of nitrogens with zero attached hydrogens (tertiary/aromatic N) is 2. The van der Waals surface area contributed by atoms with Crippen molar-refractivity contribution in [3.63, 3.8) is 0 Å². The predicted octanol–water partition coefficient (Wildman–Crippen LogP) is 9.86. The molecule has 0 N–H and O–H groups in total. The van der Waals surface area contributed by atoms with Gasteiger partial charge in [0.15, 0.2) is 11.5 Å². The lowest BCUT2D eigenvalue weighted by atomic mass is 9.93. The monoisotopic (exact) mass is 710 g/mol. The Morgan fingerprint density at radius 3 is 2.26 bits per heavy atom. The third kappa shape index (κ3) is 7.66. The van der Waals surface area contributed by atoms with E-state index >= 15 is 0 Å². The number of thioether (sulfide) groups is 2. The molecule has 1 saturated heterocycles. The van der Waals surface area contributed by atoms with Crippen LogP contribution in [0.1, 0.15) is 43.5 Å². The van der Waals surface area contributed by atoms with Gasteiger partial charge >= 0.3 is 0 Å². The molecule has 10 heteroatoms. The van der Waals surface area contributed by atoms with Gasteiger partial charge in [-0.1, -0.05) is 74.5 Å². The lowest BCUT2D eigenvalue weighted by molar-refractivity contribution is -0.385. The fraction of sp³-hybridized carbons (Fsp3) is 0.325. The highest BCUT2D eigenvalue weighted by Gasteiger charge is 2.38. The van der Waals surface area contributed by atoms with E-state index in [1.54, 1.807) is 0 Å². The highest BCUT2D eigenvalue weighted by atomic mass is 32.2. The molecule has 1 aliphatic rings. The van der Waals surface area contributed by atoms with Crippen molar-refractivity contribution in [2.45, 2.75) is 43.7 Å². The summed E-state index contributed by atoms with van der Waals surface area (Å²) in [5, 5.41) is 17.1. The number of nitro groups is 1. The lowest BCUT2D eigenvalue weighted by Crippen LogP contribution is -2.41. The topological polar surface area (TPSA) is 91.1 Å². The summed E-state index contributed by atoms with van der Waals surface area (Å²) in [6.45, 7) is 5.45. The summed E-state index contributed by atoms with van der Waals surface area (Å²) in [6, 6.07) is 30.0. The van der Waals surface area contributed by atoms with Crippen LogP contribution in [0.3, 0.4) is 0 Å². The zero-order chi connectivity index (χ0) is 35.0. The van der Waals surface area contributed by atoms with Crippen molar-refractivity contribution in [1.82, 2.24) is 4.90 Å². The van der Waals surface area contributed by atoms with Crippen LogP contribution in [0.5, 0.6) is 17.2 Å². The Hall–Kier alpha value is -4.41. The van der Waals surface area contributed by atoms with Crippen LogP contribution in [0, 0.1) is 10.1 Å². The second-order valence-electron chi connectivity index (χ2n) is 12.0. The molecule has 1 atom stereocenters. The van der Waals surface area contributed by atoms with Crippen LogP contribution >= 0.6 is 23.5 Å². The number of amides is 1. The molecule has 1 aliphatic heterocycles. The van der Waals surface area contributed by atoms with Gasteiger partial charge in [0.2, 0.25) is 0 Å². The maximum Gasteiger partial charge on any atom is 0.286 e. The molecule has 5 aromatic rings. The lowest BCUT2D eigenvalue weighted by Gasteiger charge is -2.31. The first-order valence-corrected chi connectivity index (χ1v) is 19.2. The second-order valence-corrected chi connectivity index (χ2v) is 15.2. The Balaban J connectivity index is 1.09. The number of fused-ring (bicyclic) bond motifs is 3. The van der Waals surface area contributed by atoms with Crippen molar-refractivity contribution in [2.75, 3.05) is 38.4 Å². The molecule has 1 heterocycles. The molecule has 6 rings (SSSR count). The number of hydrogen-bond acceptors (Lipinski definition) is 8. The first-order valence-electron chi connectivity index (χ1n) is 17.1. The van der Waals surface area contributed by atoms with Gasteiger partial charge < -0.3 is 19.1 Å². The summed E-state index contributed by atoms with van der Waals surface area (Å²) in [4.78, 5) is 27.3. The molecule has 0 aliphatic carbocycles. The summed E-state index contributed by atoms with van der Waals surface area (Å²) >= 11 is 3.65. The van der Waals surface area contributed by atoms with Crippen LogP contribution in [0.2, 0.25) is 0 Å². The normalized spacial score (nSPS) is 14.4. The van der Waals surface area contributed by atoms with Gasteiger partial charge in [0.05, 0.1) is 41.9 Å². The van der Waals surface area contributed by atoms with Crippen LogP contribution in [0.25, 0.3) is 32.7 Å². The maximum atomic E-state index is 13.8. The van der Waals surface area contributed by atoms with E-state index in [2.05, 4.69) is 80.6 Å². The number of benzene rings is 5. The van der Waals surface area contributed by atoms with E-state index < -0.39 is 4.92 Å². The molecule has 8 nitrogen and oxygen atoms in total. The summed E-state index contributed by atoms with van der Waals surface area (Å²) < 4.78 is 17.7. The van der Waals surface area contributed by atoms with Gasteiger partial charge in [0, 0.05) is 19.0 Å². The van der Waals surface area contributed by atoms with Crippen LogP contribution in [-0.4, -0.2) is 64.7 Å². The minimum atomic E-state index is -0.517. The van der Waals surface area contributed by atoms with Gasteiger partial charge in [-0.05, 0) is 75.2 Å². The Morgan fingerprint density at radius 1 is 0.880 bits per heavy atom. The fourth-order valence-corrected chi connectivity index (χ4v) is 9.55. The second kappa shape index (κ2) is 16.5. The van der Waals surface area contributed by atoms with E-state index in [-0.39, 0.29) is 45.9 Å².